The van der Waals surface area contributed by atoms with Crippen molar-refractivity contribution in [1.82, 2.24) is 14.8 Å². The standard InChI is InChI=1S/C11H13N3O2S2/c1-18(15,16)8-7-17-11-13-12-9-14(11)10-5-3-2-4-6-10/h2-6,9H,7-8H2,1H3. The van der Waals surface area contributed by atoms with E-state index < -0.39 is 9.84 Å². The normalized spacial score (nSPS) is 11.6. The van der Waals surface area contributed by atoms with Crippen molar-refractivity contribution in [3.63, 3.8) is 0 Å². The van der Waals surface area contributed by atoms with E-state index >= 15 is 0 Å². The van der Waals surface area contributed by atoms with Crippen molar-refractivity contribution in [3.8, 4) is 5.69 Å². The van der Waals surface area contributed by atoms with Gasteiger partial charge in [-0.25, -0.2) is 8.42 Å². The van der Waals surface area contributed by atoms with Gasteiger partial charge in [-0.2, -0.15) is 0 Å². The molecule has 2 aromatic rings. The van der Waals surface area contributed by atoms with Crippen molar-refractivity contribution in [2.45, 2.75) is 5.16 Å². The molecule has 1 aromatic heterocycles. The van der Waals surface area contributed by atoms with Crippen LogP contribution in [0.15, 0.2) is 41.8 Å². The SMILES string of the molecule is CS(=O)(=O)CCSc1nncn1-c1ccccc1. The van der Waals surface area contributed by atoms with Crippen LogP contribution >= 0.6 is 11.8 Å². The second kappa shape index (κ2) is 5.53. The molecule has 0 unspecified atom stereocenters. The molecule has 0 saturated heterocycles. The molecule has 0 bridgehead atoms. The van der Waals surface area contributed by atoms with Crippen LogP contribution in [0.5, 0.6) is 0 Å². The van der Waals surface area contributed by atoms with Crippen molar-refractivity contribution in [1.29, 1.82) is 0 Å². The summed E-state index contributed by atoms with van der Waals surface area (Å²) in [6.07, 6.45) is 2.85. The summed E-state index contributed by atoms with van der Waals surface area (Å²) in [6, 6.07) is 9.69. The fourth-order valence-electron chi connectivity index (χ4n) is 1.37. The fourth-order valence-corrected chi connectivity index (χ4v) is 3.50. The first kappa shape index (κ1) is 13.1. The van der Waals surface area contributed by atoms with Gasteiger partial charge in [-0.3, -0.25) is 4.57 Å². The third-order valence-electron chi connectivity index (χ3n) is 2.24. The first-order valence-electron chi connectivity index (χ1n) is 5.32. The summed E-state index contributed by atoms with van der Waals surface area (Å²) < 4.78 is 24.0. The van der Waals surface area contributed by atoms with Crippen LogP contribution in [0.2, 0.25) is 0 Å². The Morgan fingerprint density at radius 3 is 2.67 bits per heavy atom. The zero-order valence-electron chi connectivity index (χ0n) is 9.85. The number of benzene rings is 1. The lowest BCUT2D eigenvalue weighted by Gasteiger charge is -2.05. The highest BCUT2D eigenvalue weighted by atomic mass is 32.2. The minimum Gasteiger partial charge on any atom is -0.277 e. The van der Waals surface area contributed by atoms with Crippen molar-refractivity contribution < 1.29 is 8.42 Å². The molecule has 2 rings (SSSR count). The maximum Gasteiger partial charge on any atom is 0.195 e. The Labute approximate surface area is 110 Å². The largest absolute Gasteiger partial charge is 0.277 e. The lowest BCUT2D eigenvalue weighted by molar-refractivity contribution is 0.603. The van der Waals surface area contributed by atoms with E-state index in [9.17, 15) is 8.42 Å². The summed E-state index contributed by atoms with van der Waals surface area (Å²) in [5.74, 6) is 0.615. The Bertz CT molecular complexity index is 608. The number of thioether (sulfide) groups is 1. The van der Waals surface area contributed by atoms with Gasteiger partial charge in [0, 0.05) is 17.7 Å². The predicted molar refractivity (Wildman–Crippen MR) is 71.8 cm³/mol. The third kappa shape index (κ3) is 3.58. The van der Waals surface area contributed by atoms with Gasteiger partial charge in [-0.15, -0.1) is 10.2 Å². The Kier molecular flexibility index (Phi) is 4.03. The van der Waals surface area contributed by atoms with E-state index in [0.29, 0.717) is 10.9 Å². The molecule has 18 heavy (non-hydrogen) atoms. The molecule has 0 N–H and O–H groups in total. The van der Waals surface area contributed by atoms with E-state index in [1.165, 1.54) is 18.0 Å². The molecule has 0 aliphatic rings. The van der Waals surface area contributed by atoms with Gasteiger partial charge < -0.3 is 0 Å². The first-order valence-corrected chi connectivity index (χ1v) is 8.37. The van der Waals surface area contributed by atoms with Crippen molar-refractivity contribution >= 4 is 21.6 Å². The molecule has 5 nitrogen and oxygen atoms in total. The molecule has 0 spiro atoms. The number of hydrogen-bond acceptors (Lipinski definition) is 5. The Morgan fingerprint density at radius 1 is 1.28 bits per heavy atom. The summed E-state index contributed by atoms with van der Waals surface area (Å²) in [5.41, 5.74) is 0.962. The monoisotopic (exact) mass is 283 g/mol. The van der Waals surface area contributed by atoms with E-state index in [2.05, 4.69) is 10.2 Å². The van der Waals surface area contributed by atoms with Crippen LogP contribution in [0.1, 0.15) is 0 Å². The average molecular weight is 283 g/mol. The minimum absolute atomic E-state index is 0.138. The second-order valence-electron chi connectivity index (χ2n) is 3.80. The van der Waals surface area contributed by atoms with Crippen LogP contribution in [-0.2, 0) is 9.84 Å². The topological polar surface area (TPSA) is 64.8 Å². The molecule has 0 fully saturated rings. The fraction of sp³-hybridized carbons (Fsp3) is 0.273. The molecule has 0 amide bonds. The van der Waals surface area contributed by atoms with Gasteiger partial charge >= 0.3 is 0 Å². The molecule has 7 heteroatoms. The van der Waals surface area contributed by atoms with Gasteiger partial charge in [-0.1, -0.05) is 30.0 Å². The van der Waals surface area contributed by atoms with E-state index in [-0.39, 0.29) is 5.75 Å². The Hall–Kier alpha value is -1.34. The molecule has 0 aliphatic heterocycles. The van der Waals surface area contributed by atoms with Crippen LogP contribution in [0.25, 0.3) is 5.69 Å². The summed E-state index contributed by atoms with van der Waals surface area (Å²) in [6.45, 7) is 0. The van der Waals surface area contributed by atoms with E-state index in [4.69, 9.17) is 0 Å². The van der Waals surface area contributed by atoms with Crippen LogP contribution in [-0.4, -0.2) is 40.9 Å². The zero-order valence-corrected chi connectivity index (χ0v) is 11.5. The Morgan fingerprint density at radius 2 is 2.00 bits per heavy atom. The molecule has 0 radical (unpaired) electrons. The summed E-state index contributed by atoms with van der Waals surface area (Å²) in [7, 11) is -2.93. The summed E-state index contributed by atoms with van der Waals surface area (Å²) >= 11 is 1.39. The number of para-hydroxylation sites is 1. The molecule has 1 aromatic carbocycles. The predicted octanol–water partition coefficient (Wildman–Crippen LogP) is 1.40. The molecule has 96 valence electrons. The van der Waals surface area contributed by atoms with Crippen LogP contribution < -0.4 is 0 Å². The zero-order chi connectivity index (χ0) is 13.0. The van der Waals surface area contributed by atoms with Gasteiger partial charge in [0.2, 0.25) is 0 Å². The van der Waals surface area contributed by atoms with E-state index in [1.807, 2.05) is 34.9 Å². The lowest BCUT2D eigenvalue weighted by Crippen LogP contribution is -2.06. The first-order chi connectivity index (χ1) is 8.56. The van der Waals surface area contributed by atoms with Gasteiger partial charge in [0.05, 0.1) is 5.75 Å². The van der Waals surface area contributed by atoms with Crippen LogP contribution in [0, 0.1) is 0 Å². The number of rotatable bonds is 5. The van der Waals surface area contributed by atoms with Crippen molar-refractivity contribution in [3.05, 3.63) is 36.7 Å². The average Bonchev–Trinajstić information content (AvgIpc) is 2.77. The number of nitrogens with zero attached hydrogens (tertiary/aromatic N) is 3. The second-order valence-corrected chi connectivity index (χ2v) is 7.12. The lowest BCUT2D eigenvalue weighted by atomic mass is 10.3. The van der Waals surface area contributed by atoms with Gasteiger partial charge in [-0.05, 0) is 12.1 Å². The smallest absolute Gasteiger partial charge is 0.195 e. The van der Waals surface area contributed by atoms with Crippen molar-refractivity contribution in [2.75, 3.05) is 17.8 Å². The van der Waals surface area contributed by atoms with Crippen LogP contribution in [0.3, 0.4) is 0 Å². The summed E-state index contributed by atoms with van der Waals surface area (Å²) in [4.78, 5) is 0. The van der Waals surface area contributed by atoms with Gasteiger partial charge in [0.1, 0.15) is 16.2 Å². The summed E-state index contributed by atoms with van der Waals surface area (Å²) in [5, 5.41) is 8.55. The molecule has 0 aliphatic carbocycles. The van der Waals surface area contributed by atoms with Gasteiger partial charge in [0.15, 0.2) is 5.16 Å². The third-order valence-corrected chi connectivity index (χ3v) is 4.39. The number of aromatic nitrogens is 3. The highest BCUT2D eigenvalue weighted by molar-refractivity contribution is 8.00. The molecular weight excluding hydrogens is 270 g/mol. The molecular formula is C11H13N3O2S2. The Balaban J connectivity index is 2.09. The molecule has 0 saturated carbocycles. The van der Waals surface area contributed by atoms with Crippen LogP contribution in [0.4, 0.5) is 0 Å². The molecule has 1 heterocycles. The maximum atomic E-state index is 11.1. The number of sulfone groups is 1. The van der Waals surface area contributed by atoms with E-state index in [1.54, 1.807) is 6.33 Å². The highest BCUT2D eigenvalue weighted by Gasteiger charge is 2.08. The van der Waals surface area contributed by atoms with E-state index in [0.717, 1.165) is 5.69 Å². The maximum absolute atomic E-state index is 11.1. The minimum atomic E-state index is -2.93. The van der Waals surface area contributed by atoms with Gasteiger partial charge in [0.25, 0.3) is 0 Å². The highest BCUT2D eigenvalue weighted by Crippen LogP contribution is 2.19. The van der Waals surface area contributed by atoms with Crippen molar-refractivity contribution in [2.24, 2.45) is 0 Å². The number of hydrogen-bond donors (Lipinski definition) is 0. The quantitative estimate of drug-likeness (QED) is 0.776. The molecule has 0 atom stereocenters.